The van der Waals surface area contributed by atoms with Gasteiger partial charge in [0.25, 0.3) is 0 Å². The lowest BCUT2D eigenvalue weighted by Gasteiger charge is -2.29. The second-order valence-corrected chi connectivity index (χ2v) is 15.7. The van der Waals surface area contributed by atoms with E-state index in [4.69, 9.17) is 5.73 Å². The lowest BCUT2D eigenvalue weighted by atomic mass is 9.91. The molecule has 0 radical (unpaired) electrons. The molecule has 0 aliphatic heterocycles. The molecule has 0 unspecified atom stereocenters. The number of nitrogen functional groups attached to an aromatic ring is 1. The fraction of sp³-hybridized carbons (Fsp3) is 0. The fourth-order valence-electron chi connectivity index (χ4n) is 8.20. The Hall–Kier alpha value is -7.50. The molecular formula is C58H46BrN3. The van der Waals surface area contributed by atoms with E-state index in [-0.39, 0.29) is 6.15 Å². The van der Waals surface area contributed by atoms with Gasteiger partial charge in [-0.15, -0.1) is 0 Å². The Balaban J connectivity index is 0.000000155. The number of para-hydroxylation sites is 2. The average molecular weight is 865 g/mol. The summed E-state index contributed by atoms with van der Waals surface area (Å²) < 4.78 is 1.13. The van der Waals surface area contributed by atoms with E-state index >= 15 is 0 Å². The first-order chi connectivity index (χ1) is 30.1. The molecule has 62 heavy (non-hydrogen) atoms. The third-order valence-electron chi connectivity index (χ3n) is 11.0. The number of anilines is 4. The summed E-state index contributed by atoms with van der Waals surface area (Å²) in [6.45, 7) is 0. The fourth-order valence-corrected chi connectivity index (χ4v) is 8.51. The first kappa shape index (κ1) is 41.2. The highest BCUT2D eigenvalue weighted by atomic mass is 79.9. The SMILES string of the molecule is Brc1ccccc1.N.Nc1ccc2ccccc2c1-c1cccc2ccccc12.c1ccc(N(c2ccccc2)c2ccc3ccccc3c2-c2cccc3ccccc23)cc1. The second-order valence-electron chi connectivity index (χ2n) is 14.8. The molecule has 0 saturated heterocycles. The molecule has 11 rings (SSSR count). The lowest BCUT2D eigenvalue weighted by Crippen LogP contribution is -2.11. The van der Waals surface area contributed by atoms with Gasteiger partial charge in [0.15, 0.2) is 0 Å². The van der Waals surface area contributed by atoms with E-state index in [1.54, 1.807) is 0 Å². The molecule has 0 bridgehead atoms. The molecular weight excluding hydrogens is 819 g/mol. The number of nitrogens with zero attached hydrogens (tertiary/aromatic N) is 1. The third kappa shape index (κ3) is 8.70. The van der Waals surface area contributed by atoms with Crippen LogP contribution in [-0.2, 0) is 0 Å². The van der Waals surface area contributed by atoms with Gasteiger partial charge < -0.3 is 16.8 Å². The van der Waals surface area contributed by atoms with Crippen LogP contribution in [-0.4, -0.2) is 0 Å². The van der Waals surface area contributed by atoms with E-state index in [0.717, 1.165) is 27.1 Å². The van der Waals surface area contributed by atoms with Crippen LogP contribution in [0.25, 0.3) is 65.3 Å². The molecule has 0 aromatic heterocycles. The van der Waals surface area contributed by atoms with Crippen LogP contribution in [0, 0.1) is 0 Å². The van der Waals surface area contributed by atoms with Gasteiger partial charge in [-0.3, -0.25) is 0 Å². The first-order valence-electron chi connectivity index (χ1n) is 20.5. The largest absolute Gasteiger partial charge is 0.398 e. The average Bonchev–Trinajstić information content (AvgIpc) is 3.33. The molecule has 300 valence electrons. The minimum atomic E-state index is 0. The molecule has 11 aromatic rings. The Bertz CT molecular complexity index is 3170. The molecule has 3 nitrogen and oxygen atoms in total. The zero-order valence-corrected chi connectivity index (χ0v) is 35.9. The van der Waals surface area contributed by atoms with Crippen LogP contribution in [0.15, 0.2) is 253 Å². The van der Waals surface area contributed by atoms with Crippen molar-refractivity contribution in [1.82, 2.24) is 6.15 Å². The van der Waals surface area contributed by atoms with Crippen molar-refractivity contribution in [1.29, 1.82) is 0 Å². The predicted molar refractivity (Wildman–Crippen MR) is 272 cm³/mol. The zero-order valence-electron chi connectivity index (χ0n) is 34.3. The normalized spacial score (nSPS) is 10.6. The molecule has 5 N–H and O–H groups in total. The van der Waals surface area contributed by atoms with Crippen molar-refractivity contribution in [2.75, 3.05) is 10.6 Å². The summed E-state index contributed by atoms with van der Waals surface area (Å²) in [5.41, 5.74) is 15.4. The van der Waals surface area contributed by atoms with Crippen molar-refractivity contribution < 1.29 is 0 Å². The van der Waals surface area contributed by atoms with Gasteiger partial charge in [0.1, 0.15) is 0 Å². The quantitative estimate of drug-likeness (QED) is 0.169. The van der Waals surface area contributed by atoms with Crippen LogP contribution < -0.4 is 16.8 Å². The Kier molecular flexibility index (Phi) is 12.8. The number of hydrogen-bond donors (Lipinski definition) is 2. The van der Waals surface area contributed by atoms with Crippen LogP contribution in [0.5, 0.6) is 0 Å². The minimum Gasteiger partial charge on any atom is -0.398 e. The number of rotatable bonds is 5. The van der Waals surface area contributed by atoms with Crippen LogP contribution >= 0.6 is 15.9 Å². The lowest BCUT2D eigenvalue weighted by molar-refractivity contribution is 1.29. The number of fused-ring (bicyclic) bond motifs is 4. The first-order valence-corrected chi connectivity index (χ1v) is 21.3. The Morgan fingerprint density at radius 1 is 0.306 bits per heavy atom. The third-order valence-corrected chi connectivity index (χ3v) is 11.5. The minimum absolute atomic E-state index is 0. The van der Waals surface area contributed by atoms with Crippen LogP contribution in [0.1, 0.15) is 0 Å². The summed E-state index contributed by atoms with van der Waals surface area (Å²) in [4.78, 5) is 2.36. The summed E-state index contributed by atoms with van der Waals surface area (Å²) in [6, 6.07) is 87.0. The van der Waals surface area contributed by atoms with E-state index in [1.807, 2.05) is 36.4 Å². The Morgan fingerprint density at radius 3 is 1.13 bits per heavy atom. The highest BCUT2D eigenvalue weighted by Crippen LogP contribution is 2.46. The van der Waals surface area contributed by atoms with E-state index in [2.05, 4.69) is 233 Å². The molecule has 0 amide bonds. The molecule has 0 spiro atoms. The summed E-state index contributed by atoms with van der Waals surface area (Å²) in [7, 11) is 0. The van der Waals surface area contributed by atoms with Gasteiger partial charge >= 0.3 is 0 Å². The second kappa shape index (κ2) is 19.3. The van der Waals surface area contributed by atoms with Gasteiger partial charge in [0.2, 0.25) is 0 Å². The monoisotopic (exact) mass is 863 g/mol. The standard InChI is InChI=1S/C32H23N.C20H15N.C6H5Br.H3N/c1-3-15-26(16-4-1)33(27-17-5-2-6-18-27)31-23-22-25-13-8-10-20-29(25)32(31)30-21-11-14-24-12-7-9-19-28(24)30;21-19-13-12-15-7-2-4-10-17(15)20(19)18-11-5-8-14-6-1-3-9-16(14)18;7-6-4-2-1-3-5-6;/h1-23H;1-13H,21H2;1-5H;1H3. The highest BCUT2D eigenvalue weighted by Gasteiger charge is 2.20. The molecule has 11 aromatic carbocycles. The van der Waals surface area contributed by atoms with Gasteiger partial charge in [-0.1, -0.05) is 216 Å². The highest BCUT2D eigenvalue weighted by molar-refractivity contribution is 9.10. The van der Waals surface area contributed by atoms with Crippen molar-refractivity contribution in [2.24, 2.45) is 0 Å². The molecule has 0 atom stereocenters. The van der Waals surface area contributed by atoms with Gasteiger partial charge in [-0.05, 0) is 103 Å². The number of hydrogen-bond acceptors (Lipinski definition) is 3. The van der Waals surface area contributed by atoms with Crippen LogP contribution in [0.3, 0.4) is 0 Å². The Morgan fingerprint density at radius 2 is 0.661 bits per heavy atom. The maximum atomic E-state index is 6.31. The van der Waals surface area contributed by atoms with Gasteiger partial charge in [0.05, 0.1) is 5.69 Å². The maximum absolute atomic E-state index is 6.31. The van der Waals surface area contributed by atoms with E-state index in [0.29, 0.717) is 0 Å². The molecule has 4 heteroatoms. The van der Waals surface area contributed by atoms with Crippen molar-refractivity contribution in [3.63, 3.8) is 0 Å². The van der Waals surface area contributed by atoms with E-state index < -0.39 is 0 Å². The van der Waals surface area contributed by atoms with Gasteiger partial charge in [0, 0.05) is 32.7 Å². The predicted octanol–water partition coefficient (Wildman–Crippen LogP) is 17.0. The molecule has 0 aliphatic carbocycles. The number of halogens is 1. The number of nitrogens with two attached hydrogens (primary N) is 1. The van der Waals surface area contributed by atoms with Crippen molar-refractivity contribution >= 4 is 81.8 Å². The van der Waals surface area contributed by atoms with E-state index in [1.165, 1.54) is 65.5 Å². The summed E-state index contributed by atoms with van der Waals surface area (Å²) >= 11 is 3.31. The molecule has 0 heterocycles. The Labute approximate surface area is 372 Å². The topological polar surface area (TPSA) is 64.3 Å². The van der Waals surface area contributed by atoms with Gasteiger partial charge in [-0.2, -0.15) is 0 Å². The molecule has 0 aliphatic rings. The van der Waals surface area contributed by atoms with Crippen LogP contribution in [0.2, 0.25) is 0 Å². The summed E-state index contributed by atoms with van der Waals surface area (Å²) in [5.74, 6) is 0. The van der Waals surface area contributed by atoms with E-state index in [9.17, 15) is 0 Å². The molecule has 0 fully saturated rings. The zero-order chi connectivity index (χ0) is 41.4. The molecule has 0 saturated carbocycles. The van der Waals surface area contributed by atoms with Crippen molar-refractivity contribution in [3.05, 3.63) is 253 Å². The van der Waals surface area contributed by atoms with Crippen molar-refractivity contribution in [2.45, 2.75) is 0 Å². The van der Waals surface area contributed by atoms with Crippen molar-refractivity contribution in [3.8, 4) is 22.3 Å². The summed E-state index contributed by atoms with van der Waals surface area (Å²) in [6.07, 6.45) is 0. The van der Waals surface area contributed by atoms with Crippen LogP contribution in [0.4, 0.5) is 22.7 Å². The maximum Gasteiger partial charge on any atom is 0.0546 e. The summed E-state index contributed by atoms with van der Waals surface area (Å²) in [5, 5.41) is 9.90. The smallest absolute Gasteiger partial charge is 0.0546 e. The number of benzene rings is 11. The van der Waals surface area contributed by atoms with Gasteiger partial charge in [-0.25, -0.2) is 0 Å².